The van der Waals surface area contributed by atoms with E-state index in [2.05, 4.69) is 25.5 Å². The first-order valence-electron chi connectivity index (χ1n) is 14.5. The number of nitrogens with one attached hydrogen (secondary N) is 2. The standard InChI is InChI=1S/C29H38N6O6S2/c1-34-14-16-35(17-15-34)43(38,39)22-9-7-21(8-10-22)23(19-20-5-3-4-6-20)26(36)33-28-31-24-11-12-25(32-27(24)42-28)41-29(37)30-13-18-40-2/h7-12,20,23H,3-6,13-19H2,1-2H3,(H,30,37)(H,31,33,36)/t23-/m1/s1. The predicted octanol–water partition coefficient (Wildman–Crippen LogP) is 3.66. The zero-order valence-electron chi connectivity index (χ0n) is 24.5. The second-order valence-corrected chi connectivity index (χ2v) is 13.9. The third-order valence-electron chi connectivity index (χ3n) is 7.98. The molecule has 2 aliphatic rings. The molecule has 2 amide bonds. The van der Waals surface area contributed by atoms with Gasteiger partial charge in [0.25, 0.3) is 0 Å². The number of anilines is 1. The summed E-state index contributed by atoms with van der Waals surface area (Å²) < 4.78 is 38.1. The molecular weight excluding hydrogens is 592 g/mol. The molecule has 43 heavy (non-hydrogen) atoms. The lowest BCUT2D eigenvalue weighted by Crippen LogP contribution is -2.47. The molecule has 1 saturated carbocycles. The highest BCUT2D eigenvalue weighted by Gasteiger charge is 2.30. The first-order chi connectivity index (χ1) is 20.7. The van der Waals surface area contributed by atoms with Gasteiger partial charge in [-0.2, -0.15) is 4.31 Å². The molecule has 0 unspecified atom stereocenters. The number of carbonyl (C=O) groups is 2. The maximum atomic E-state index is 13.7. The molecule has 3 aromatic rings. The van der Waals surface area contributed by atoms with Gasteiger partial charge in [-0.1, -0.05) is 49.2 Å². The first-order valence-corrected chi connectivity index (χ1v) is 16.8. The molecule has 1 aromatic carbocycles. The number of carbonyl (C=O) groups excluding carboxylic acids is 2. The average Bonchev–Trinajstić information content (AvgIpc) is 3.65. The van der Waals surface area contributed by atoms with Gasteiger partial charge in [0.2, 0.25) is 21.8 Å². The van der Waals surface area contributed by atoms with Crippen molar-refractivity contribution in [3.63, 3.8) is 0 Å². The van der Waals surface area contributed by atoms with E-state index in [9.17, 15) is 18.0 Å². The van der Waals surface area contributed by atoms with Crippen molar-refractivity contribution in [2.24, 2.45) is 5.92 Å². The van der Waals surface area contributed by atoms with Crippen LogP contribution in [0.4, 0.5) is 9.93 Å². The fourth-order valence-electron chi connectivity index (χ4n) is 5.51. The predicted molar refractivity (Wildman–Crippen MR) is 164 cm³/mol. The summed E-state index contributed by atoms with van der Waals surface area (Å²) in [4.78, 5) is 37.4. The van der Waals surface area contributed by atoms with Gasteiger partial charge in [-0.3, -0.25) is 4.79 Å². The van der Waals surface area contributed by atoms with Crippen LogP contribution in [0, 0.1) is 5.92 Å². The van der Waals surface area contributed by atoms with E-state index >= 15 is 0 Å². The Morgan fingerprint density at radius 1 is 1.05 bits per heavy atom. The number of sulfonamides is 1. The number of nitrogens with zero attached hydrogens (tertiary/aromatic N) is 4. The van der Waals surface area contributed by atoms with Gasteiger partial charge in [0.05, 0.1) is 17.4 Å². The third-order valence-corrected chi connectivity index (χ3v) is 10.8. The topological polar surface area (TPSA) is 143 Å². The maximum Gasteiger partial charge on any atom is 0.414 e. The van der Waals surface area contributed by atoms with E-state index in [4.69, 9.17) is 9.47 Å². The maximum absolute atomic E-state index is 13.7. The highest BCUT2D eigenvalue weighted by atomic mass is 32.2. The summed E-state index contributed by atoms with van der Waals surface area (Å²) in [5.41, 5.74) is 1.34. The number of likely N-dealkylation sites (N-methyl/N-ethyl adjacent to an activating group) is 1. The highest BCUT2D eigenvalue weighted by molar-refractivity contribution is 7.89. The summed E-state index contributed by atoms with van der Waals surface area (Å²) in [5, 5.41) is 5.92. The summed E-state index contributed by atoms with van der Waals surface area (Å²) in [6.45, 7) is 2.98. The minimum atomic E-state index is -3.60. The van der Waals surface area contributed by atoms with Crippen molar-refractivity contribution in [1.29, 1.82) is 0 Å². The Morgan fingerprint density at radius 2 is 1.77 bits per heavy atom. The molecule has 1 aliphatic carbocycles. The fraction of sp³-hybridized carbons (Fsp3) is 0.517. The van der Waals surface area contributed by atoms with E-state index in [0.717, 1.165) is 31.2 Å². The normalized spacial score (nSPS) is 17.6. The minimum absolute atomic E-state index is 0.120. The number of hydrogen-bond donors (Lipinski definition) is 2. The molecule has 12 nitrogen and oxygen atoms in total. The fourth-order valence-corrected chi connectivity index (χ4v) is 7.77. The van der Waals surface area contributed by atoms with E-state index in [1.54, 1.807) is 36.4 Å². The van der Waals surface area contributed by atoms with Crippen LogP contribution in [0.1, 0.15) is 43.6 Å². The quantitative estimate of drug-likeness (QED) is 0.304. The first kappa shape index (κ1) is 31.3. The van der Waals surface area contributed by atoms with Crippen LogP contribution in [0.5, 0.6) is 5.88 Å². The van der Waals surface area contributed by atoms with Gasteiger partial charge < -0.3 is 25.0 Å². The molecule has 2 fully saturated rings. The van der Waals surface area contributed by atoms with Crippen molar-refractivity contribution in [2.45, 2.75) is 42.9 Å². The molecule has 0 bridgehead atoms. The molecule has 3 heterocycles. The van der Waals surface area contributed by atoms with Crippen molar-refractivity contribution in [3.8, 4) is 5.88 Å². The number of benzene rings is 1. The second-order valence-electron chi connectivity index (χ2n) is 11.0. The second kappa shape index (κ2) is 14.1. The van der Waals surface area contributed by atoms with Crippen LogP contribution in [0.2, 0.25) is 0 Å². The summed E-state index contributed by atoms with van der Waals surface area (Å²) in [7, 11) is -0.0776. The molecule has 14 heteroatoms. The third kappa shape index (κ3) is 7.87. The van der Waals surface area contributed by atoms with Gasteiger partial charge in [-0.05, 0) is 43.1 Å². The molecule has 232 valence electrons. The number of fused-ring (bicyclic) bond motifs is 1. The Balaban J connectivity index is 1.30. The molecule has 2 N–H and O–H groups in total. The number of piperazine rings is 1. The molecule has 5 rings (SSSR count). The van der Waals surface area contributed by atoms with Crippen molar-refractivity contribution >= 4 is 48.8 Å². The number of hydrogen-bond acceptors (Lipinski definition) is 10. The lowest BCUT2D eigenvalue weighted by atomic mass is 9.87. The van der Waals surface area contributed by atoms with Crippen LogP contribution in [-0.4, -0.2) is 93.1 Å². The number of ether oxygens (including phenoxy) is 2. The summed E-state index contributed by atoms with van der Waals surface area (Å²) in [6, 6.07) is 10.00. The summed E-state index contributed by atoms with van der Waals surface area (Å²) >= 11 is 1.19. The number of amides is 2. The Hall–Kier alpha value is -3.17. The monoisotopic (exact) mass is 630 g/mol. The van der Waals surface area contributed by atoms with Crippen molar-refractivity contribution in [2.75, 3.05) is 58.8 Å². The number of thiazole rings is 1. The number of pyridine rings is 1. The molecule has 1 saturated heterocycles. The van der Waals surface area contributed by atoms with E-state index in [1.165, 1.54) is 22.8 Å². The lowest BCUT2D eigenvalue weighted by molar-refractivity contribution is -0.118. The van der Waals surface area contributed by atoms with Crippen molar-refractivity contribution < 1.29 is 27.5 Å². The molecule has 1 atom stereocenters. The Morgan fingerprint density at radius 3 is 2.47 bits per heavy atom. The Kier molecular flexibility index (Phi) is 10.2. The minimum Gasteiger partial charge on any atom is -0.391 e. The van der Waals surface area contributed by atoms with Crippen LogP contribution in [0.3, 0.4) is 0 Å². The van der Waals surface area contributed by atoms with Crippen molar-refractivity contribution in [3.05, 3.63) is 42.0 Å². The molecule has 1 aliphatic heterocycles. The van der Waals surface area contributed by atoms with Crippen LogP contribution >= 0.6 is 11.3 Å². The highest BCUT2D eigenvalue weighted by Crippen LogP contribution is 2.36. The SMILES string of the molecule is COCCNC(=O)Oc1ccc2nc(NC(=O)[C@H](CC3CCCC3)c3ccc(S(=O)(=O)N4CCN(C)CC4)cc3)sc2n1. The van der Waals surface area contributed by atoms with Gasteiger partial charge in [-0.15, -0.1) is 0 Å². The van der Waals surface area contributed by atoms with E-state index < -0.39 is 22.0 Å². The smallest absolute Gasteiger partial charge is 0.391 e. The average molecular weight is 631 g/mol. The van der Waals surface area contributed by atoms with E-state index in [-0.39, 0.29) is 16.7 Å². The van der Waals surface area contributed by atoms with Gasteiger partial charge in [-0.25, -0.2) is 23.2 Å². The van der Waals surface area contributed by atoms with E-state index in [1.807, 2.05) is 7.05 Å². The molecule has 0 radical (unpaired) electrons. The molecule has 2 aromatic heterocycles. The van der Waals surface area contributed by atoms with Gasteiger partial charge in [0.1, 0.15) is 10.3 Å². The Labute approximate surface area is 255 Å². The summed E-state index contributed by atoms with van der Waals surface area (Å²) in [6.07, 6.45) is 4.49. The Bertz CT molecular complexity index is 1520. The number of methoxy groups -OCH3 is 1. The zero-order chi connectivity index (χ0) is 30.4. The molecular formula is C29H38N6O6S2. The van der Waals surface area contributed by atoms with Crippen LogP contribution < -0.4 is 15.4 Å². The van der Waals surface area contributed by atoms with E-state index in [0.29, 0.717) is 67.1 Å². The zero-order valence-corrected chi connectivity index (χ0v) is 26.1. The van der Waals surface area contributed by atoms with Crippen molar-refractivity contribution in [1.82, 2.24) is 24.5 Å². The van der Waals surface area contributed by atoms with Gasteiger partial charge in [0, 0.05) is 45.9 Å². The van der Waals surface area contributed by atoms with Gasteiger partial charge >= 0.3 is 6.09 Å². The number of aromatic nitrogens is 2. The summed E-state index contributed by atoms with van der Waals surface area (Å²) in [5.74, 6) is -0.112. The molecule has 0 spiro atoms. The lowest BCUT2D eigenvalue weighted by Gasteiger charge is -2.31. The number of rotatable bonds is 11. The van der Waals surface area contributed by atoms with Crippen LogP contribution in [-0.2, 0) is 19.6 Å². The largest absolute Gasteiger partial charge is 0.414 e. The van der Waals surface area contributed by atoms with Gasteiger partial charge in [0.15, 0.2) is 5.13 Å². The van der Waals surface area contributed by atoms with Crippen LogP contribution in [0.15, 0.2) is 41.3 Å². The van der Waals surface area contributed by atoms with Crippen LogP contribution in [0.25, 0.3) is 10.3 Å².